The zero-order chi connectivity index (χ0) is 11.6. The van der Waals surface area contributed by atoms with E-state index in [4.69, 9.17) is 0 Å². The average molecular weight is 270 g/mol. The molecule has 8 atom stereocenters. The molecule has 0 aromatic heterocycles. The molecule has 0 radical (unpaired) electrons. The second-order valence-corrected chi connectivity index (χ2v) is 35.7. The molecule has 0 nitrogen and oxygen atoms in total. The maximum absolute atomic E-state index is 3.29. The topological polar surface area (TPSA) is 0 Å². The fourth-order valence-corrected chi connectivity index (χ4v) is 116. The predicted octanol–water partition coefficient (Wildman–Crippen LogP) is 5.72. The molecule has 10 saturated heterocycles. The van der Waals surface area contributed by atoms with E-state index in [2.05, 4.69) is 41.5 Å². The standard InChI is InChI=1S/2C8H11.Fe/c2*1-6-4-5-7(2)8(6)3;/h2*4-5H,1-3H3;. The Hall–Kier alpha value is 0.519. The van der Waals surface area contributed by atoms with Gasteiger partial charge in [0, 0.05) is 0 Å². The van der Waals surface area contributed by atoms with Crippen molar-refractivity contribution in [3.05, 3.63) is 0 Å². The maximum atomic E-state index is 2.85. The Kier molecular flexibility index (Phi) is 0.182. The first-order chi connectivity index (χ1) is 7.50. The molecule has 0 amide bonds. The zero-order valence-corrected chi connectivity index (χ0v) is 12.8. The summed E-state index contributed by atoms with van der Waals surface area (Å²) < 4.78 is 5.83. The molecular weight excluding hydrogens is 248 g/mol. The van der Waals surface area contributed by atoms with E-state index in [1.165, 1.54) is 19.3 Å². The molecule has 10 aliphatic heterocycles. The van der Waals surface area contributed by atoms with Crippen LogP contribution in [0.25, 0.3) is 0 Å². The summed E-state index contributed by atoms with van der Waals surface area (Å²) in [6.07, 6.45) is 0. The van der Waals surface area contributed by atoms with Crippen molar-refractivity contribution in [1.29, 1.82) is 0 Å². The summed E-state index contributed by atoms with van der Waals surface area (Å²) in [6, 6.07) is 0. The molecule has 0 saturated carbocycles. The van der Waals surface area contributed by atoms with Gasteiger partial charge in [-0.25, -0.2) is 0 Å². The molecule has 8 unspecified atom stereocenters. The molecule has 10 fully saturated rings. The Morgan fingerprint density at radius 2 is 0.765 bits per heavy atom. The van der Waals surface area contributed by atoms with E-state index < -0.39 is 6.51 Å². The molecule has 1 heteroatoms. The first kappa shape index (κ1) is 6.80. The summed E-state index contributed by atoms with van der Waals surface area (Å²) in [7, 11) is 0. The molecule has 17 heavy (non-hydrogen) atoms. The summed E-state index contributed by atoms with van der Waals surface area (Å²) in [4.78, 5) is 5.51. The first-order valence-corrected chi connectivity index (χ1v) is 13.6. The third-order valence-corrected chi connectivity index (χ3v) is 72.5. The van der Waals surface area contributed by atoms with Gasteiger partial charge >= 0.3 is 93.2 Å². The van der Waals surface area contributed by atoms with Crippen LogP contribution in [0.1, 0.15) is 41.5 Å². The predicted molar refractivity (Wildman–Crippen MR) is 65.2 cm³/mol. The van der Waals surface area contributed by atoms with E-state index >= 15 is 0 Å². The number of hydrogen-bond donors (Lipinski definition) is 0. The van der Waals surface area contributed by atoms with Crippen LogP contribution in [-0.4, -0.2) is 0 Å². The molecule has 0 aromatic carbocycles. The van der Waals surface area contributed by atoms with Crippen molar-refractivity contribution in [2.45, 2.75) is 86.7 Å². The molecule has 1 spiro atoms. The van der Waals surface area contributed by atoms with Crippen LogP contribution in [-0.2, 0) is 6.51 Å². The Balaban J connectivity index is 1.98. The van der Waals surface area contributed by atoms with Crippen LogP contribution in [0, 0.1) is 0 Å². The molecule has 94 valence electrons. The van der Waals surface area contributed by atoms with Gasteiger partial charge in [-0.15, -0.1) is 0 Å². The quantitative estimate of drug-likeness (QED) is 0.494. The van der Waals surface area contributed by atoms with E-state index in [-0.39, 0.29) is 0 Å². The second kappa shape index (κ2) is 0.455. The van der Waals surface area contributed by atoms with E-state index in [0.29, 0.717) is 0 Å². The van der Waals surface area contributed by atoms with Crippen LogP contribution < -0.4 is 0 Å². The van der Waals surface area contributed by atoms with Crippen molar-refractivity contribution < 1.29 is 6.51 Å². The molecule has 10 rings (SSSR count). The van der Waals surface area contributed by atoms with Crippen molar-refractivity contribution >= 4 is 0 Å². The Bertz CT molecular complexity index is 987. The minimum absolute atomic E-state index is 0.956. The van der Waals surface area contributed by atoms with E-state index in [9.17, 15) is 0 Å². The molecule has 10 aliphatic rings. The van der Waals surface area contributed by atoms with Crippen LogP contribution >= 0.6 is 0 Å². The van der Waals surface area contributed by atoms with Crippen molar-refractivity contribution in [2.75, 3.05) is 0 Å². The Morgan fingerprint density at radius 1 is 0.529 bits per heavy atom. The van der Waals surface area contributed by atoms with Crippen molar-refractivity contribution in [3.8, 4) is 0 Å². The van der Waals surface area contributed by atoms with Gasteiger partial charge < -0.3 is 0 Å². The Morgan fingerprint density at radius 3 is 0.765 bits per heavy atom. The second-order valence-electron chi connectivity index (χ2n) is 12.2. The summed E-state index contributed by atoms with van der Waals surface area (Å²) in [6.45, 7) is 13.8. The van der Waals surface area contributed by atoms with Crippen LogP contribution in [0.4, 0.5) is 0 Å². The normalized spacial score (nSPS) is 141. The average Bonchev–Trinajstić information content (AvgIpc) is 3.24. The number of fused-ring (bicyclic) bond motifs is 10. The minimum atomic E-state index is -3.29. The summed E-state index contributed by atoms with van der Waals surface area (Å²) in [5.74, 6) is 0. The Labute approximate surface area is 93.2 Å². The van der Waals surface area contributed by atoms with Crippen LogP contribution in [0.2, 0.25) is 45.1 Å². The zero-order valence-electron chi connectivity index (χ0n) is 11.7. The molecule has 0 N–H and O–H groups in total. The number of hydrogen-bond acceptors (Lipinski definition) is 0. The van der Waals surface area contributed by atoms with Crippen molar-refractivity contribution in [1.82, 2.24) is 0 Å². The van der Waals surface area contributed by atoms with Crippen molar-refractivity contribution in [2.24, 2.45) is 0 Å². The van der Waals surface area contributed by atoms with Gasteiger partial charge in [0.2, 0.25) is 0 Å². The fraction of sp³-hybridized carbons (Fsp3) is 1.00. The summed E-state index contributed by atoms with van der Waals surface area (Å²) in [5.41, 5.74) is 0. The van der Waals surface area contributed by atoms with Gasteiger partial charge in [-0.3, -0.25) is 0 Å². The van der Waals surface area contributed by atoms with Gasteiger partial charge in [-0.2, -0.15) is 0 Å². The van der Waals surface area contributed by atoms with Gasteiger partial charge in [0.15, 0.2) is 0 Å². The van der Waals surface area contributed by atoms with E-state index in [1.54, 1.807) is 0 Å². The monoisotopic (exact) mass is 270 g/mol. The molecule has 10 heterocycles. The third kappa shape index (κ3) is 0.0436. The fourth-order valence-electron chi connectivity index (χ4n) is 24.8. The van der Waals surface area contributed by atoms with Gasteiger partial charge in [0.25, 0.3) is 0 Å². The van der Waals surface area contributed by atoms with Gasteiger partial charge in [0.05, 0.1) is 0 Å². The van der Waals surface area contributed by atoms with Crippen LogP contribution in [0.15, 0.2) is 0 Å². The SMILES string of the molecule is C[C]12[CH]3[CH]4[C]5(C)[C]1(C)[Fe]34251678[CH]2[CH]1[C]6(C)[C]7(C)[C]28C. The van der Waals surface area contributed by atoms with E-state index in [1.807, 2.05) is 0 Å². The van der Waals surface area contributed by atoms with Gasteiger partial charge in [-0.05, 0) is 0 Å². The molecule has 0 bridgehead atoms. The molecular formula is C16H22Fe. The van der Waals surface area contributed by atoms with Gasteiger partial charge in [0.1, 0.15) is 0 Å². The van der Waals surface area contributed by atoms with Crippen LogP contribution in [0.5, 0.6) is 0 Å². The molecule has 0 aromatic rings. The van der Waals surface area contributed by atoms with Crippen LogP contribution in [0.3, 0.4) is 0 Å². The van der Waals surface area contributed by atoms with E-state index in [0.717, 1.165) is 25.9 Å². The summed E-state index contributed by atoms with van der Waals surface area (Å²) >= 11 is 0. The third-order valence-electron chi connectivity index (χ3n) is 20.3. The van der Waals surface area contributed by atoms with Crippen molar-refractivity contribution in [3.63, 3.8) is 0 Å². The summed E-state index contributed by atoms with van der Waals surface area (Å²) in [5, 5.41) is 0. The van der Waals surface area contributed by atoms with Gasteiger partial charge in [-0.1, -0.05) is 0 Å². The first-order valence-electron chi connectivity index (χ1n) is 7.70. The molecule has 0 aliphatic carbocycles. The number of rotatable bonds is 0.